The fourth-order valence-corrected chi connectivity index (χ4v) is 4.83. The van der Waals surface area contributed by atoms with Gasteiger partial charge in [0.15, 0.2) is 0 Å². The van der Waals surface area contributed by atoms with Crippen molar-refractivity contribution in [1.82, 2.24) is 15.0 Å². The Morgan fingerprint density at radius 3 is 2.66 bits per heavy atom. The zero-order valence-electron chi connectivity index (χ0n) is 20.6. The van der Waals surface area contributed by atoms with Crippen LogP contribution in [-0.4, -0.2) is 53.7 Å². The fraction of sp³-hybridized carbons (Fsp3) is 0.444. The number of pyridine rings is 1. The van der Waals surface area contributed by atoms with Crippen LogP contribution in [0.15, 0.2) is 60.6 Å². The van der Waals surface area contributed by atoms with Crippen LogP contribution in [0.5, 0.6) is 0 Å². The van der Waals surface area contributed by atoms with E-state index < -0.39 is 0 Å². The van der Waals surface area contributed by atoms with Crippen molar-refractivity contribution < 1.29 is 4.39 Å². The van der Waals surface area contributed by atoms with E-state index in [0.29, 0.717) is 29.5 Å². The van der Waals surface area contributed by atoms with Crippen LogP contribution in [0, 0.1) is 0 Å². The van der Waals surface area contributed by atoms with E-state index >= 15 is 0 Å². The molecule has 0 bridgehead atoms. The highest BCUT2D eigenvalue weighted by atomic mass is 35.5. The molecule has 2 aromatic rings. The van der Waals surface area contributed by atoms with Gasteiger partial charge in [-0.25, -0.2) is 14.4 Å². The monoisotopic (exact) mass is 496 g/mol. The minimum absolute atomic E-state index is 0.211. The van der Waals surface area contributed by atoms with Gasteiger partial charge in [-0.05, 0) is 56.9 Å². The van der Waals surface area contributed by atoms with Gasteiger partial charge < -0.3 is 14.7 Å². The molecule has 8 heteroatoms. The number of halogens is 2. The van der Waals surface area contributed by atoms with Crippen LogP contribution < -0.4 is 14.7 Å². The first-order valence-corrected chi connectivity index (χ1v) is 12.7. The normalized spacial score (nSPS) is 19.4. The standard InChI is InChI=1S/C27H34ClFN6/c1-4-8-20(2)24(29)12-5-10-22-19-25(32-27(31-22)35-14-7-9-21(35)3)33-15-17-34(18-16-33)26-23(28)11-6-13-30-26/h4-6,11-13,19,21H,1,7-10,14-18H2,2-3H3/b12-5-,24-20+. The summed E-state index contributed by atoms with van der Waals surface area (Å²) in [6, 6.07) is 6.18. The summed E-state index contributed by atoms with van der Waals surface area (Å²) >= 11 is 6.36. The highest BCUT2D eigenvalue weighted by molar-refractivity contribution is 6.32. The van der Waals surface area contributed by atoms with E-state index in [-0.39, 0.29) is 5.83 Å². The van der Waals surface area contributed by atoms with Crippen LogP contribution in [0.2, 0.25) is 5.02 Å². The van der Waals surface area contributed by atoms with Gasteiger partial charge in [-0.2, -0.15) is 4.98 Å². The lowest BCUT2D eigenvalue weighted by Crippen LogP contribution is -2.47. The molecular weight excluding hydrogens is 463 g/mol. The van der Waals surface area contributed by atoms with Gasteiger partial charge in [0.1, 0.15) is 17.5 Å². The van der Waals surface area contributed by atoms with E-state index in [1.165, 1.54) is 6.08 Å². The van der Waals surface area contributed by atoms with Crippen molar-refractivity contribution in [2.24, 2.45) is 0 Å². The van der Waals surface area contributed by atoms with Crippen molar-refractivity contribution in [3.63, 3.8) is 0 Å². The number of hydrogen-bond donors (Lipinski definition) is 0. The Labute approximate surface area is 212 Å². The highest BCUT2D eigenvalue weighted by Crippen LogP contribution is 2.28. The molecule has 2 fully saturated rings. The number of hydrogen-bond acceptors (Lipinski definition) is 6. The molecule has 2 saturated heterocycles. The Morgan fingerprint density at radius 1 is 1.20 bits per heavy atom. The second-order valence-electron chi connectivity index (χ2n) is 9.21. The third-order valence-corrected chi connectivity index (χ3v) is 6.95. The van der Waals surface area contributed by atoms with Crippen LogP contribution in [0.25, 0.3) is 0 Å². The lowest BCUT2D eigenvalue weighted by atomic mass is 10.1. The lowest BCUT2D eigenvalue weighted by Gasteiger charge is -2.36. The summed E-state index contributed by atoms with van der Waals surface area (Å²) in [5.41, 5.74) is 1.57. The van der Waals surface area contributed by atoms with Crippen LogP contribution in [0.1, 0.15) is 38.8 Å². The molecule has 4 rings (SSSR count). The molecule has 1 unspecified atom stereocenters. The minimum Gasteiger partial charge on any atom is -0.353 e. The number of piperazine rings is 1. The SMILES string of the molecule is C=CC/C(C)=C(F)\C=C/Cc1cc(N2CCN(c3ncccc3Cl)CC2)nc(N2CCCC2C)n1. The number of anilines is 3. The summed E-state index contributed by atoms with van der Waals surface area (Å²) in [7, 11) is 0. The summed E-state index contributed by atoms with van der Waals surface area (Å²) in [6.45, 7) is 11.9. The number of allylic oxidation sites excluding steroid dienone is 5. The Balaban J connectivity index is 1.53. The van der Waals surface area contributed by atoms with E-state index in [2.05, 4.69) is 33.2 Å². The Kier molecular flexibility index (Phi) is 8.39. The van der Waals surface area contributed by atoms with Crippen LogP contribution in [-0.2, 0) is 6.42 Å². The molecule has 0 radical (unpaired) electrons. The molecule has 2 aliphatic rings. The Morgan fingerprint density at radius 2 is 1.97 bits per heavy atom. The van der Waals surface area contributed by atoms with Crippen LogP contribution in [0.4, 0.5) is 22.0 Å². The predicted octanol–water partition coefficient (Wildman–Crippen LogP) is 5.76. The van der Waals surface area contributed by atoms with E-state index in [1.54, 1.807) is 19.2 Å². The average molecular weight is 497 g/mol. The van der Waals surface area contributed by atoms with Crippen molar-refractivity contribution in [3.05, 3.63) is 71.3 Å². The van der Waals surface area contributed by atoms with Gasteiger partial charge >= 0.3 is 0 Å². The molecule has 0 spiro atoms. The lowest BCUT2D eigenvalue weighted by molar-refractivity contribution is 0.638. The van der Waals surface area contributed by atoms with Crippen LogP contribution in [0.3, 0.4) is 0 Å². The van der Waals surface area contributed by atoms with Crippen molar-refractivity contribution in [1.29, 1.82) is 0 Å². The van der Waals surface area contributed by atoms with E-state index in [0.717, 1.165) is 68.8 Å². The Bertz CT molecular complexity index is 1090. The van der Waals surface area contributed by atoms with Gasteiger partial charge in [0.25, 0.3) is 0 Å². The molecule has 0 amide bonds. The van der Waals surface area contributed by atoms with Gasteiger partial charge in [0.2, 0.25) is 5.95 Å². The maximum atomic E-state index is 14.3. The van der Waals surface area contributed by atoms with Gasteiger partial charge in [-0.1, -0.05) is 23.8 Å². The first kappa shape index (κ1) is 25.2. The summed E-state index contributed by atoms with van der Waals surface area (Å²) in [5, 5.41) is 0.673. The van der Waals surface area contributed by atoms with Crippen molar-refractivity contribution in [3.8, 4) is 0 Å². The number of aromatic nitrogens is 3. The molecular formula is C27H34ClFN6. The number of nitrogens with zero attached hydrogens (tertiary/aromatic N) is 6. The second kappa shape index (κ2) is 11.7. The summed E-state index contributed by atoms with van der Waals surface area (Å²) in [6.07, 6.45) is 10.2. The topological polar surface area (TPSA) is 48.4 Å². The highest BCUT2D eigenvalue weighted by Gasteiger charge is 2.26. The smallest absolute Gasteiger partial charge is 0.227 e. The zero-order valence-corrected chi connectivity index (χ0v) is 21.4. The van der Waals surface area contributed by atoms with Gasteiger partial charge in [-0.3, -0.25) is 0 Å². The molecule has 0 aliphatic carbocycles. The minimum atomic E-state index is -0.211. The number of rotatable bonds is 8. The predicted molar refractivity (Wildman–Crippen MR) is 143 cm³/mol. The molecule has 1 atom stereocenters. The van der Waals surface area contributed by atoms with Gasteiger partial charge in [-0.15, -0.1) is 6.58 Å². The molecule has 0 saturated carbocycles. The molecule has 2 aliphatic heterocycles. The summed E-state index contributed by atoms with van der Waals surface area (Å²) < 4.78 is 14.3. The van der Waals surface area contributed by atoms with Crippen molar-refractivity contribution in [2.75, 3.05) is 47.4 Å². The first-order chi connectivity index (χ1) is 17.0. The molecule has 186 valence electrons. The third-order valence-electron chi connectivity index (χ3n) is 6.66. The van der Waals surface area contributed by atoms with Crippen molar-refractivity contribution >= 4 is 29.2 Å². The summed E-state index contributed by atoms with van der Waals surface area (Å²) in [4.78, 5) is 21.1. The zero-order chi connectivity index (χ0) is 24.8. The first-order valence-electron chi connectivity index (χ1n) is 12.3. The molecule has 2 aromatic heterocycles. The van der Waals surface area contributed by atoms with E-state index in [1.807, 2.05) is 24.3 Å². The molecule has 35 heavy (non-hydrogen) atoms. The largest absolute Gasteiger partial charge is 0.353 e. The van der Waals surface area contributed by atoms with Gasteiger partial charge in [0.05, 0.1) is 10.7 Å². The molecule has 0 aromatic carbocycles. The molecule has 6 nitrogen and oxygen atoms in total. The summed E-state index contributed by atoms with van der Waals surface area (Å²) in [5.74, 6) is 2.31. The second-order valence-corrected chi connectivity index (χ2v) is 9.62. The third kappa shape index (κ3) is 6.20. The van der Waals surface area contributed by atoms with Gasteiger partial charge in [0, 0.05) is 57.4 Å². The molecule has 4 heterocycles. The van der Waals surface area contributed by atoms with E-state index in [4.69, 9.17) is 21.6 Å². The fourth-order valence-electron chi connectivity index (χ4n) is 4.59. The average Bonchev–Trinajstić information content (AvgIpc) is 3.30. The molecule has 0 N–H and O–H groups in total. The maximum absolute atomic E-state index is 14.3. The van der Waals surface area contributed by atoms with E-state index in [9.17, 15) is 4.39 Å². The maximum Gasteiger partial charge on any atom is 0.227 e. The van der Waals surface area contributed by atoms with Crippen molar-refractivity contribution in [2.45, 2.75) is 45.6 Å². The Hall–Kier alpha value is -2.93. The quantitative estimate of drug-likeness (QED) is 0.342. The van der Waals surface area contributed by atoms with Crippen LogP contribution >= 0.6 is 11.6 Å².